The van der Waals surface area contributed by atoms with Crippen LogP contribution in [0.4, 0.5) is 0 Å². The molecular weight excluding hydrogens is 242 g/mol. The van der Waals surface area contributed by atoms with Crippen molar-refractivity contribution in [2.75, 3.05) is 6.54 Å². The molecule has 0 aliphatic rings. The summed E-state index contributed by atoms with van der Waals surface area (Å²) < 4.78 is 0. The van der Waals surface area contributed by atoms with Crippen LogP contribution in [0.25, 0.3) is 0 Å². The molecule has 2 N–H and O–H groups in total. The molecule has 1 aromatic carbocycles. The third-order valence-corrected chi connectivity index (χ3v) is 3.16. The summed E-state index contributed by atoms with van der Waals surface area (Å²) in [5.74, 6) is -0.535. The maximum atomic E-state index is 11.9. The van der Waals surface area contributed by atoms with Gasteiger partial charge in [-0.15, -0.1) is 0 Å². The number of carboxylic acids is 1. The van der Waals surface area contributed by atoms with Gasteiger partial charge in [-0.3, -0.25) is 9.59 Å². The molecule has 1 atom stereocenters. The van der Waals surface area contributed by atoms with E-state index in [1.54, 1.807) is 6.07 Å². The van der Waals surface area contributed by atoms with Crippen molar-refractivity contribution in [1.29, 1.82) is 0 Å². The van der Waals surface area contributed by atoms with E-state index in [1.807, 2.05) is 32.0 Å². The third kappa shape index (κ3) is 5.55. The fourth-order valence-corrected chi connectivity index (χ4v) is 1.87. The summed E-state index contributed by atoms with van der Waals surface area (Å²) in [6.07, 6.45) is 1.63. The number of rotatable bonds is 7. The van der Waals surface area contributed by atoms with Gasteiger partial charge in [0.15, 0.2) is 0 Å². The van der Waals surface area contributed by atoms with Gasteiger partial charge in [0.1, 0.15) is 0 Å². The Bertz CT molecular complexity index is 443. The number of nitrogens with one attached hydrogen (secondary N) is 1. The smallest absolute Gasteiger partial charge is 0.303 e. The van der Waals surface area contributed by atoms with E-state index < -0.39 is 5.97 Å². The van der Waals surface area contributed by atoms with Crippen LogP contribution in [0.3, 0.4) is 0 Å². The number of amides is 1. The molecule has 0 bridgehead atoms. The number of benzene rings is 1. The molecule has 104 valence electrons. The van der Waals surface area contributed by atoms with Crippen molar-refractivity contribution < 1.29 is 14.7 Å². The van der Waals surface area contributed by atoms with Crippen molar-refractivity contribution in [1.82, 2.24) is 5.32 Å². The maximum Gasteiger partial charge on any atom is 0.303 e. The molecule has 0 heterocycles. The van der Waals surface area contributed by atoms with Gasteiger partial charge in [-0.25, -0.2) is 0 Å². The number of aliphatic carboxylic acids is 1. The van der Waals surface area contributed by atoms with E-state index in [2.05, 4.69) is 5.32 Å². The lowest BCUT2D eigenvalue weighted by Gasteiger charge is -2.11. The van der Waals surface area contributed by atoms with Crippen LogP contribution in [0.1, 0.15) is 42.1 Å². The van der Waals surface area contributed by atoms with E-state index in [4.69, 9.17) is 5.11 Å². The number of hydrogen-bond acceptors (Lipinski definition) is 2. The lowest BCUT2D eigenvalue weighted by atomic mass is 10.0. The maximum absolute atomic E-state index is 11.9. The van der Waals surface area contributed by atoms with Gasteiger partial charge in [-0.2, -0.15) is 0 Å². The number of carboxylic acid groups (broad SMARTS) is 1. The second kappa shape index (κ2) is 7.56. The number of carbonyl (C=O) groups is 2. The Morgan fingerprint density at radius 3 is 2.58 bits per heavy atom. The molecular formula is C15H21NO3. The Morgan fingerprint density at radius 2 is 1.95 bits per heavy atom. The largest absolute Gasteiger partial charge is 0.481 e. The van der Waals surface area contributed by atoms with Gasteiger partial charge in [0, 0.05) is 18.5 Å². The predicted molar refractivity (Wildman–Crippen MR) is 74.2 cm³/mol. The molecule has 1 unspecified atom stereocenters. The van der Waals surface area contributed by atoms with Crippen molar-refractivity contribution in [3.63, 3.8) is 0 Å². The summed E-state index contributed by atoms with van der Waals surface area (Å²) in [7, 11) is 0. The summed E-state index contributed by atoms with van der Waals surface area (Å²) in [6, 6.07) is 7.46. The average Bonchev–Trinajstić information content (AvgIpc) is 2.36. The summed E-state index contributed by atoms with van der Waals surface area (Å²) >= 11 is 0. The van der Waals surface area contributed by atoms with Crippen molar-refractivity contribution in [2.24, 2.45) is 5.92 Å². The number of hydrogen-bond donors (Lipinski definition) is 2. The first-order valence-electron chi connectivity index (χ1n) is 6.56. The Balaban J connectivity index is 2.31. The van der Waals surface area contributed by atoms with Gasteiger partial charge in [-0.05, 0) is 37.3 Å². The fourth-order valence-electron chi connectivity index (χ4n) is 1.87. The molecule has 0 saturated carbocycles. The highest BCUT2D eigenvalue weighted by atomic mass is 16.4. The minimum absolute atomic E-state index is 0.0662. The molecule has 0 fully saturated rings. The van der Waals surface area contributed by atoms with Gasteiger partial charge in [0.2, 0.25) is 0 Å². The number of aryl methyl sites for hydroxylation is 1. The third-order valence-electron chi connectivity index (χ3n) is 3.16. The van der Waals surface area contributed by atoms with Crippen molar-refractivity contribution in [3.05, 3.63) is 35.4 Å². The van der Waals surface area contributed by atoms with Crippen molar-refractivity contribution in [3.8, 4) is 0 Å². The van der Waals surface area contributed by atoms with Crippen molar-refractivity contribution in [2.45, 2.75) is 33.1 Å². The highest BCUT2D eigenvalue weighted by molar-refractivity contribution is 5.95. The van der Waals surface area contributed by atoms with Crippen LogP contribution in [0.5, 0.6) is 0 Å². The molecule has 1 aromatic rings. The standard InChI is InChI=1S/C15H21NO3/c1-11(7-8-14(17)18)9-10-16-15(19)13-6-4-3-5-12(13)2/h3-6,11H,7-10H2,1-2H3,(H,16,19)(H,17,18). The SMILES string of the molecule is Cc1ccccc1C(=O)NCCC(C)CCC(=O)O. The van der Waals surface area contributed by atoms with Crippen LogP contribution in [0, 0.1) is 12.8 Å². The van der Waals surface area contributed by atoms with E-state index in [-0.39, 0.29) is 12.3 Å². The predicted octanol–water partition coefficient (Wildman–Crippen LogP) is 2.62. The van der Waals surface area contributed by atoms with Crippen LogP contribution in [-0.2, 0) is 4.79 Å². The van der Waals surface area contributed by atoms with E-state index in [0.29, 0.717) is 24.4 Å². The zero-order valence-corrected chi connectivity index (χ0v) is 11.5. The lowest BCUT2D eigenvalue weighted by Crippen LogP contribution is -2.26. The Morgan fingerprint density at radius 1 is 1.26 bits per heavy atom. The molecule has 0 radical (unpaired) electrons. The van der Waals surface area contributed by atoms with E-state index in [9.17, 15) is 9.59 Å². The monoisotopic (exact) mass is 263 g/mol. The summed E-state index contributed by atoms with van der Waals surface area (Å²) in [4.78, 5) is 22.3. The molecule has 0 spiro atoms. The lowest BCUT2D eigenvalue weighted by molar-refractivity contribution is -0.137. The van der Waals surface area contributed by atoms with Crippen LogP contribution in [-0.4, -0.2) is 23.5 Å². The van der Waals surface area contributed by atoms with Gasteiger partial charge in [0.25, 0.3) is 5.91 Å². The molecule has 0 aliphatic heterocycles. The number of carbonyl (C=O) groups excluding carboxylic acids is 1. The first-order valence-corrected chi connectivity index (χ1v) is 6.56. The molecule has 1 amide bonds. The zero-order valence-electron chi connectivity index (χ0n) is 11.5. The average molecular weight is 263 g/mol. The van der Waals surface area contributed by atoms with E-state index >= 15 is 0 Å². The second-order valence-corrected chi connectivity index (χ2v) is 4.90. The van der Waals surface area contributed by atoms with Crippen LogP contribution in [0.2, 0.25) is 0 Å². The fraction of sp³-hybridized carbons (Fsp3) is 0.467. The molecule has 4 nitrogen and oxygen atoms in total. The second-order valence-electron chi connectivity index (χ2n) is 4.90. The topological polar surface area (TPSA) is 66.4 Å². The van der Waals surface area contributed by atoms with Gasteiger partial charge >= 0.3 is 5.97 Å². The highest BCUT2D eigenvalue weighted by Crippen LogP contribution is 2.10. The van der Waals surface area contributed by atoms with Crippen molar-refractivity contribution >= 4 is 11.9 Å². The Labute approximate surface area is 113 Å². The van der Waals surface area contributed by atoms with Gasteiger partial charge in [-0.1, -0.05) is 25.1 Å². The molecule has 19 heavy (non-hydrogen) atoms. The van der Waals surface area contributed by atoms with Crippen LogP contribution < -0.4 is 5.32 Å². The molecule has 0 saturated heterocycles. The van der Waals surface area contributed by atoms with E-state index in [1.165, 1.54) is 0 Å². The molecule has 0 aliphatic carbocycles. The Hall–Kier alpha value is -1.84. The molecule has 4 heteroatoms. The highest BCUT2D eigenvalue weighted by Gasteiger charge is 2.09. The zero-order chi connectivity index (χ0) is 14.3. The summed E-state index contributed by atoms with van der Waals surface area (Å²) in [5, 5.41) is 11.5. The normalized spacial score (nSPS) is 11.9. The summed E-state index contributed by atoms with van der Waals surface area (Å²) in [6.45, 7) is 4.49. The Kier molecular flexibility index (Phi) is 6.06. The quantitative estimate of drug-likeness (QED) is 0.794. The first kappa shape index (κ1) is 15.2. The van der Waals surface area contributed by atoms with Crippen LogP contribution >= 0.6 is 0 Å². The molecule has 1 rings (SSSR count). The van der Waals surface area contributed by atoms with Gasteiger partial charge < -0.3 is 10.4 Å². The first-order chi connectivity index (χ1) is 9.00. The minimum Gasteiger partial charge on any atom is -0.481 e. The summed E-state index contributed by atoms with van der Waals surface area (Å²) in [5.41, 5.74) is 1.65. The van der Waals surface area contributed by atoms with Gasteiger partial charge in [0.05, 0.1) is 0 Å². The minimum atomic E-state index is -0.768. The van der Waals surface area contributed by atoms with E-state index in [0.717, 1.165) is 12.0 Å². The van der Waals surface area contributed by atoms with Crippen LogP contribution in [0.15, 0.2) is 24.3 Å². The molecule has 0 aromatic heterocycles.